The fourth-order valence-corrected chi connectivity index (χ4v) is 6.02. The van der Waals surface area contributed by atoms with E-state index in [1.807, 2.05) is 41.3 Å². The molecule has 0 aromatic heterocycles. The molecule has 2 N–H and O–H groups in total. The van der Waals surface area contributed by atoms with Crippen molar-refractivity contribution in [3.63, 3.8) is 0 Å². The van der Waals surface area contributed by atoms with E-state index in [4.69, 9.17) is 0 Å². The predicted octanol–water partition coefficient (Wildman–Crippen LogP) is 4.92. The minimum absolute atomic E-state index is 0.00883. The van der Waals surface area contributed by atoms with E-state index in [9.17, 15) is 14.7 Å². The molecule has 180 valence electrons. The van der Waals surface area contributed by atoms with Gasteiger partial charge < -0.3 is 15.3 Å². The third kappa shape index (κ3) is 5.21. The Morgan fingerprint density at radius 2 is 1.60 bits per heavy atom. The Kier molecular flexibility index (Phi) is 7.06. The zero-order valence-electron chi connectivity index (χ0n) is 19.5. The highest BCUT2D eigenvalue weighted by molar-refractivity contribution is 7.99. The molecule has 2 amide bonds. The predicted molar refractivity (Wildman–Crippen MR) is 140 cm³/mol. The normalized spacial score (nSPS) is 18.6. The number of phenols is 1. The zero-order valence-corrected chi connectivity index (χ0v) is 20.3. The van der Waals surface area contributed by atoms with E-state index in [1.165, 1.54) is 0 Å². The van der Waals surface area contributed by atoms with E-state index < -0.39 is 0 Å². The van der Waals surface area contributed by atoms with E-state index >= 15 is 0 Å². The summed E-state index contributed by atoms with van der Waals surface area (Å²) in [5.74, 6) is 0.760. The summed E-state index contributed by atoms with van der Waals surface area (Å²) in [6, 6.07) is 25.1. The Hall–Kier alpha value is -3.29. The Labute approximate surface area is 209 Å². The SMILES string of the molecule is O=C(Nc1ccccc1O)C1CCN(CC(=O)N2c3ccccc3SCC2c2ccccc2)CC1. The molecule has 3 aromatic rings. The second kappa shape index (κ2) is 10.5. The molecule has 2 heterocycles. The van der Waals surface area contributed by atoms with Gasteiger partial charge in [-0.3, -0.25) is 14.5 Å². The summed E-state index contributed by atoms with van der Waals surface area (Å²) in [4.78, 5) is 31.6. The molecule has 1 atom stereocenters. The number of phenolic OH excluding ortho intramolecular Hbond substituents is 1. The van der Waals surface area contributed by atoms with Crippen LogP contribution in [0.2, 0.25) is 0 Å². The second-order valence-corrected chi connectivity index (χ2v) is 10.1. The number of thioether (sulfide) groups is 1. The minimum Gasteiger partial charge on any atom is -0.506 e. The molecule has 0 radical (unpaired) electrons. The van der Waals surface area contributed by atoms with Crippen molar-refractivity contribution < 1.29 is 14.7 Å². The summed E-state index contributed by atoms with van der Waals surface area (Å²) < 4.78 is 0. The van der Waals surface area contributed by atoms with Crippen molar-refractivity contribution >= 4 is 35.0 Å². The number of carbonyl (C=O) groups excluding carboxylic acids is 2. The van der Waals surface area contributed by atoms with Crippen LogP contribution in [0.25, 0.3) is 0 Å². The summed E-state index contributed by atoms with van der Waals surface area (Å²) in [6.07, 6.45) is 1.36. The summed E-state index contributed by atoms with van der Waals surface area (Å²) in [6.45, 7) is 1.70. The zero-order chi connectivity index (χ0) is 24.2. The number of aromatic hydroxyl groups is 1. The Morgan fingerprint density at radius 3 is 2.37 bits per heavy atom. The van der Waals surface area contributed by atoms with Crippen molar-refractivity contribution in [2.75, 3.05) is 35.6 Å². The smallest absolute Gasteiger partial charge is 0.241 e. The van der Waals surface area contributed by atoms with Gasteiger partial charge in [0, 0.05) is 16.6 Å². The van der Waals surface area contributed by atoms with Crippen molar-refractivity contribution in [2.45, 2.75) is 23.8 Å². The van der Waals surface area contributed by atoms with Gasteiger partial charge in [0.25, 0.3) is 0 Å². The Morgan fingerprint density at radius 1 is 0.914 bits per heavy atom. The molecule has 3 aromatic carbocycles. The maximum Gasteiger partial charge on any atom is 0.241 e. The molecule has 1 unspecified atom stereocenters. The van der Waals surface area contributed by atoms with Crippen molar-refractivity contribution in [2.24, 2.45) is 5.92 Å². The van der Waals surface area contributed by atoms with Gasteiger partial charge in [-0.1, -0.05) is 54.6 Å². The molecule has 0 aliphatic carbocycles. The highest BCUT2D eigenvalue weighted by Crippen LogP contribution is 2.43. The molecule has 0 bridgehead atoms. The van der Waals surface area contributed by atoms with Crippen LogP contribution in [0.3, 0.4) is 0 Å². The number of likely N-dealkylation sites (tertiary alicyclic amines) is 1. The van der Waals surface area contributed by atoms with Gasteiger partial charge in [-0.15, -0.1) is 11.8 Å². The van der Waals surface area contributed by atoms with Crippen LogP contribution < -0.4 is 10.2 Å². The summed E-state index contributed by atoms with van der Waals surface area (Å²) in [5.41, 5.74) is 2.55. The summed E-state index contributed by atoms with van der Waals surface area (Å²) >= 11 is 1.79. The van der Waals surface area contributed by atoms with Crippen LogP contribution in [-0.4, -0.2) is 47.2 Å². The second-order valence-electron chi connectivity index (χ2n) is 9.03. The van der Waals surface area contributed by atoms with Crippen molar-refractivity contribution in [3.05, 3.63) is 84.4 Å². The van der Waals surface area contributed by atoms with Gasteiger partial charge in [-0.05, 0) is 55.8 Å². The number of carbonyl (C=O) groups is 2. The van der Waals surface area contributed by atoms with Crippen LogP contribution >= 0.6 is 11.8 Å². The van der Waals surface area contributed by atoms with Gasteiger partial charge in [0.2, 0.25) is 11.8 Å². The fourth-order valence-electron chi connectivity index (χ4n) is 4.85. The van der Waals surface area contributed by atoms with Crippen LogP contribution in [0, 0.1) is 5.92 Å². The molecule has 6 nitrogen and oxygen atoms in total. The average Bonchev–Trinajstić information content (AvgIpc) is 2.90. The number of anilines is 2. The number of fused-ring (bicyclic) bond motifs is 1. The van der Waals surface area contributed by atoms with Crippen LogP contribution in [0.4, 0.5) is 11.4 Å². The minimum atomic E-state index is -0.134. The third-order valence-electron chi connectivity index (χ3n) is 6.77. The lowest BCUT2D eigenvalue weighted by Gasteiger charge is -2.39. The van der Waals surface area contributed by atoms with E-state index in [1.54, 1.807) is 36.0 Å². The quantitative estimate of drug-likeness (QED) is 0.500. The topological polar surface area (TPSA) is 72.9 Å². The molecule has 7 heteroatoms. The molecule has 35 heavy (non-hydrogen) atoms. The highest BCUT2D eigenvalue weighted by atomic mass is 32.2. The molecule has 0 spiro atoms. The number of para-hydroxylation sites is 3. The average molecular weight is 488 g/mol. The molecule has 2 aliphatic heterocycles. The van der Waals surface area contributed by atoms with Crippen LogP contribution in [0.15, 0.2) is 83.8 Å². The van der Waals surface area contributed by atoms with Gasteiger partial charge in [-0.25, -0.2) is 0 Å². The molecule has 2 aliphatic rings. The van der Waals surface area contributed by atoms with E-state index in [-0.39, 0.29) is 29.5 Å². The number of rotatable bonds is 5. The lowest BCUT2D eigenvalue weighted by atomic mass is 9.95. The molecule has 0 saturated carbocycles. The third-order valence-corrected chi connectivity index (χ3v) is 7.90. The molecule has 1 saturated heterocycles. The molecule has 5 rings (SSSR count). The van der Waals surface area contributed by atoms with Crippen molar-refractivity contribution in [1.29, 1.82) is 0 Å². The first-order chi connectivity index (χ1) is 17.1. The van der Waals surface area contributed by atoms with Crippen LogP contribution in [-0.2, 0) is 9.59 Å². The number of amides is 2. The number of nitrogens with zero attached hydrogens (tertiary/aromatic N) is 2. The maximum atomic E-state index is 13.7. The number of benzene rings is 3. The molecule has 1 fully saturated rings. The Balaban J connectivity index is 1.24. The number of nitrogens with one attached hydrogen (secondary N) is 1. The van der Waals surface area contributed by atoms with Crippen molar-refractivity contribution in [3.8, 4) is 5.75 Å². The Bertz CT molecular complexity index is 1190. The first-order valence-electron chi connectivity index (χ1n) is 12.0. The van der Waals surface area contributed by atoms with E-state index in [2.05, 4.69) is 28.4 Å². The lowest BCUT2D eigenvalue weighted by molar-refractivity contribution is -0.122. The van der Waals surface area contributed by atoms with E-state index in [0.29, 0.717) is 38.2 Å². The first kappa shape index (κ1) is 23.5. The van der Waals surface area contributed by atoms with Gasteiger partial charge in [0.15, 0.2) is 0 Å². The number of hydrogen-bond donors (Lipinski definition) is 2. The summed E-state index contributed by atoms with van der Waals surface area (Å²) in [7, 11) is 0. The first-order valence-corrected chi connectivity index (χ1v) is 13.0. The maximum absolute atomic E-state index is 13.7. The summed E-state index contributed by atoms with van der Waals surface area (Å²) in [5, 5.41) is 12.8. The molecular weight excluding hydrogens is 458 g/mol. The standard InChI is InChI=1S/C28H29N3O3S/c32-25-12-6-4-10-22(25)29-28(34)21-14-16-30(17-15-21)18-27(33)31-23-11-5-7-13-26(23)35-19-24(31)20-8-2-1-3-9-20/h1-13,21,24,32H,14-19H2,(H,29,34). The number of hydrogen-bond acceptors (Lipinski definition) is 5. The number of piperidine rings is 1. The van der Waals surface area contributed by atoms with Gasteiger partial charge in [0.05, 0.1) is 24.0 Å². The van der Waals surface area contributed by atoms with Crippen LogP contribution in [0.5, 0.6) is 5.75 Å². The van der Waals surface area contributed by atoms with Gasteiger partial charge in [-0.2, -0.15) is 0 Å². The highest BCUT2D eigenvalue weighted by Gasteiger charge is 2.34. The van der Waals surface area contributed by atoms with Gasteiger partial charge in [0.1, 0.15) is 5.75 Å². The van der Waals surface area contributed by atoms with Crippen molar-refractivity contribution in [1.82, 2.24) is 4.90 Å². The van der Waals surface area contributed by atoms with Gasteiger partial charge >= 0.3 is 0 Å². The largest absolute Gasteiger partial charge is 0.506 e. The lowest BCUT2D eigenvalue weighted by Crippen LogP contribution is -2.47. The fraction of sp³-hybridized carbons (Fsp3) is 0.286. The monoisotopic (exact) mass is 487 g/mol. The van der Waals surface area contributed by atoms with E-state index in [0.717, 1.165) is 21.9 Å². The molecular formula is C28H29N3O3S. The van der Waals surface area contributed by atoms with Crippen LogP contribution in [0.1, 0.15) is 24.4 Å².